The van der Waals surface area contributed by atoms with Gasteiger partial charge in [-0.25, -0.2) is 0 Å². The van der Waals surface area contributed by atoms with Gasteiger partial charge in [0.15, 0.2) is 0 Å². The second kappa shape index (κ2) is 7.27. The van der Waals surface area contributed by atoms with Gasteiger partial charge >= 0.3 is 5.97 Å². The lowest BCUT2D eigenvalue weighted by Crippen LogP contribution is -2.48. The van der Waals surface area contributed by atoms with Crippen LogP contribution in [0.3, 0.4) is 0 Å². The summed E-state index contributed by atoms with van der Waals surface area (Å²) in [4.78, 5) is 24.6. The van der Waals surface area contributed by atoms with E-state index in [0.717, 1.165) is 6.42 Å². The van der Waals surface area contributed by atoms with E-state index in [2.05, 4.69) is 10.1 Å². The van der Waals surface area contributed by atoms with Crippen LogP contribution < -0.4 is 5.32 Å². The van der Waals surface area contributed by atoms with Gasteiger partial charge in [0.25, 0.3) is 0 Å². The molecule has 0 aromatic heterocycles. The third-order valence-electron chi connectivity index (χ3n) is 2.76. The summed E-state index contributed by atoms with van der Waals surface area (Å²) in [6, 6.07) is 0. The summed E-state index contributed by atoms with van der Waals surface area (Å²) >= 11 is 0. The molecule has 0 bridgehead atoms. The fraction of sp³-hybridized carbons (Fsp3) is 0.833. The monoisotopic (exact) mass is 244 g/mol. The van der Waals surface area contributed by atoms with Gasteiger partial charge in [-0.05, 0) is 26.8 Å². The molecule has 0 fully saturated rings. The van der Waals surface area contributed by atoms with Crippen molar-refractivity contribution >= 4 is 11.9 Å². The Morgan fingerprint density at radius 3 is 2.24 bits per heavy atom. The molecule has 5 nitrogen and oxygen atoms in total. The van der Waals surface area contributed by atoms with E-state index in [-0.39, 0.29) is 30.5 Å². The summed E-state index contributed by atoms with van der Waals surface area (Å²) in [7, 11) is 1.34. The van der Waals surface area contributed by atoms with E-state index in [1.807, 2.05) is 27.7 Å². The molecule has 0 radical (unpaired) electrons. The summed E-state index contributed by atoms with van der Waals surface area (Å²) in [5.41, 5.74) is -0.207. The quantitative estimate of drug-likeness (QED) is 0.673. The van der Waals surface area contributed by atoms with Crippen molar-refractivity contribution in [2.45, 2.75) is 39.7 Å². The molecule has 0 atom stereocenters. The maximum atomic E-state index is 11.8. The zero-order chi connectivity index (χ0) is 13.5. The summed E-state index contributed by atoms with van der Waals surface area (Å²) < 4.78 is 4.57. The van der Waals surface area contributed by atoms with Crippen molar-refractivity contribution in [3.8, 4) is 0 Å². The predicted octanol–water partition coefficient (Wildman–Crippen LogP) is 0.786. The van der Waals surface area contributed by atoms with Crippen molar-refractivity contribution < 1.29 is 14.3 Å². The Morgan fingerprint density at radius 2 is 1.82 bits per heavy atom. The molecule has 0 unspecified atom stereocenters. The van der Waals surface area contributed by atoms with Crippen molar-refractivity contribution in [1.29, 1.82) is 0 Å². The molecule has 0 saturated carbocycles. The van der Waals surface area contributed by atoms with Crippen molar-refractivity contribution in [3.63, 3.8) is 0 Å². The van der Waals surface area contributed by atoms with Gasteiger partial charge in [0, 0.05) is 5.54 Å². The zero-order valence-electron chi connectivity index (χ0n) is 11.5. The Labute approximate surface area is 103 Å². The number of esters is 1. The molecule has 1 amide bonds. The molecule has 0 aromatic carbocycles. The molecule has 1 N–H and O–H groups in total. The third kappa shape index (κ3) is 6.94. The smallest absolute Gasteiger partial charge is 0.319 e. The molecule has 0 spiro atoms. The molecule has 0 aliphatic rings. The van der Waals surface area contributed by atoms with Crippen LogP contribution in [-0.2, 0) is 14.3 Å². The normalized spacial score (nSPS) is 11.4. The van der Waals surface area contributed by atoms with Gasteiger partial charge in [0.05, 0.1) is 20.2 Å². The maximum absolute atomic E-state index is 11.8. The Morgan fingerprint density at radius 1 is 1.24 bits per heavy atom. The van der Waals surface area contributed by atoms with Crippen molar-refractivity contribution in [2.24, 2.45) is 0 Å². The Hall–Kier alpha value is -1.10. The van der Waals surface area contributed by atoms with Crippen LogP contribution in [0.5, 0.6) is 0 Å². The van der Waals surface area contributed by atoms with Crippen molar-refractivity contribution in [3.05, 3.63) is 0 Å². The molecule has 0 aromatic rings. The van der Waals surface area contributed by atoms with Gasteiger partial charge in [0.1, 0.15) is 0 Å². The summed E-state index contributed by atoms with van der Waals surface area (Å²) in [5, 5.41) is 2.93. The molecule has 0 heterocycles. The second-order valence-corrected chi connectivity index (χ2v) is 4.67. The second-order valence-electron chi connectivity index (χ2n) is 4.67. The van der Waals surface area contributed by atoms with Crippen LogP contribution in [0.2, 0.25) is 0 Å². The first kappa shape index (κ1) is 15.9. The minimum Gasteiger partial charge on any atom is -0.468 e. The number of rotatable bonds is 7. The minimum absolute atomic E-state index is 0.0670. The number of carbonyl (C=O) groups is 2. The number of amides is 1. The van der Waals surface area contributed by atoms with Crippen molar-refractivity contribution in [2.75, 3.05) is 26.7 Å². The van der Waals surface area contributed by atoms with Gasteiger partial charge in [-0.1, -0.05) is 13.8 Å². The standard InChI is InChI=1S/C12H24N2O3/c1-6-12(3,4)13-10(15)8-14(7-2)9-11(16)17-5/h6-9H2,1-5H3,(H,13,15). The number of ether oxygens (including phenoxy) is 1. The highest BCUT2D eigenvalue weighted by atomic mass is 16.5. The average Bonchev–Trinajstić information content (AvgIpc) is 2.27. The van der Waals surface area contributed by atoms with Crippen molar-refractivity contribution in [1.82, 2.24) is 10.2 Å². The van der Waals surface area contributed by atoms with Gasteiger partial charge < -0.3 is 10.1 Å². The minimum atomic E-state index is -0.325. The van der Waals surface area contributed by atoms with Crippen LogP contribution in [-0.4, -0.2) is 49.1 Å². The van der Waals surface area contributed by atoms with E-state index in [0.29, 0.717) is 6.54 Å². The van der Waals surface area contributed by atoms with E-state index < -0.39 is 0 Å². The average molecular weight is 244 g/mol. The topological polar surface area (TPSA) is 58.6 Å². The highest BCUT2D eigenvalue weighted by Gasteiger charge is 2.20. The molecule has 5 heteroatoms. The molecular formula is C12H24N2O3. The fourth-order valence-electron chi connectivity index (χ4n) is 1.24. The van der Waals surface area contributed by atoms with Gasteiger partial charge in [-0.2, -0.15) is 0 Å². The van der Waals surface area contributed by atoms with E-state index in [1.165, 1.54) is 7.11 Å². The highest BCUT2D eigenvalue weighted by Crippen LogP contribution is 2.06. The molecule has 0 aliphatic carbocycles. The fourth-order valence-corrected chi connectivity index (χ4v) is 1.24. The van der Waals surface area contributed by atoms with Gasteiger partial charge in [-0.15, -0.1) is 0 Å². The number of hydrogen-bond acceptors (Lipinski definition) is 4. The van der Waals surface area contributed by atoms with E-state index in [1.54, 1.807) is 4.90 Å². The van der Waals surface area contributed by atoms with E-state index in [4.69, 9.17) is 0 Å². The number of nitrogens with zero attached hydrogens (tertiary/aromatic N) is 1. The predicted molar refractivity (Wildman–Crippen MR) is 66.6 cm³/mol. The van der Waals surface area contributed by atoms with Crippen LogP contribution in [0.1, 0.15) is 34.1 Å². The third-order valence-corrected chi connectivity index (χ3v) is 2.76. The Bertz CT molecular complexity index is 264. The summed E-state index contributed by atoms with van der Waals surface area (Å²) in [5.74, 6) is -0.392. The molecule has 0 saturated heterocycles. The maximum Gasteiger partial charge on any atom is 0.319 e. The van der Waals surface area contributed by atoms with Crippen LogP contribution in [0.25, 0.3) is 0 Å². The molecule has 0 aliphatic heterocycles. The largest absolute Gasteiger partial charge is 0.468 e. The lowest BCUT2D eigenvalue weighted by Gasteiger charge is -2.26. The van der Waals surface area contributed by atoms with Crippen LogP contribution in [0, 0.1) is 0 Å². The molecule has 0 rings (SSSR count). The van der Waals surface area contributed by atoms with E-state index >= 15 is 0 Å². The summed E-state index contributed by atoms with van der Waals surface area (Å²) in [6.45, 7) is 8.87. The van der Waals surface area contributed by atoms with Gasteiger partial charge in [-0.3, -0.25) is 14.5 Å². The Balaban J connectivity index is 4.20. The lowest BCUT2D eigenvalue weighted by molar-refractivity contribution is -0.142. The molecule has 100 valence electrons. The van der Waals surface area contributed by atoms with E-state index in [9.17, 15) is 9.59 Å². The van der Waals surface area contributed by atoms with Crippen LogP contribution in [0.15, 0.2) is 0 Å². The number of carbonyl (C=O) groups excluding carboxylic acids is 2. The number of nitrogens with one attached hydrogen (secondary N) is 1. The first-order chi connectivity index (χ1) is 7.84. The van der Waals surface area contributed by atoms with Gasteiger partial charge in [0.2, 0.25) is 5.91 Å². The lowest BCUT2D eigenvalue weighted by atomic mass is 10.0. The number of likely N-dealkylation sites (N-methyl/N-ethyl adjacent to an activating group) is 1. The first-order valence-electron chi connectivity index (χ1n) is 5.94. The number of hydrogen-bond donors (Lipinski definition) is 1. The first-order valence-corrected chi connectivity index (χ1v) is 5.94. The van der Waals surface area contributed by atoms with Crippen LogP contribution >= 0.6 is 0 Å². The highest BCUT2D eigenvalue weighted by molar-refractivity contribution is 5.79. The SMILES string of the molecule is CCN(CC(=O)NC(C)(C)CC)CC(=O)OC. The molecular weight excluding hydrogens is 220 g/mol. The summed E-state index contributed by atoms with van der Waals surface area (Å²) in [6.07, 6.45) is 0.863. The Kier molecular flexibility index (Phi) is 6.80. The zero-order valence-corrected chi connectivity index (χ0v) is 11.5. The number of methoxy groups -OCH3 is 1. The van der Waals surface area contributed by atoms with Crippen LogP contribution in [0.4, 0.5) is 0 Å². The molecule has 17 heavy (non-hydrogen) atoms.